The molecule has 0 saturated heterocycles. The van der Waals surface area contributed by atoms with Gasteiger partial charge in [-0.25, -0.2) is 9.78 Å². The van der Waals surface area contributed by atoms with Gasteiger partial charge < -0.3 is 9.47 Å². The van der Waals surface area contributed by atoms with Crippen LogP contribution in [0.4, 0.5) is 0 Å². The average molecular weight is 515 g/mol. The summed E-state index contributed by atoms with van der Waals surface area (Å²) >= 11 is 0. The summed E-state index contributed by atoms with van der Waals surface area (Å²) in [5.74, 6) is 4.41. The lowest BCUT2D eigenvalue weighted by atomic mass is 9.71. The first-order chi connectivity index (χ1) is 18.2. The SMILES string of the molecule is Cc1ccc(OCCCCCCOC2CCC(C3CCC(COOC4CCC(C)CC4)CC3)CC2)cc1. The minimum atomic E-state index is 0.342. The van der Waals surface area contributed by atoms with Gasteiger partial charge in [-0.15, -0.1) is 0 Å². The first-order valence-corrected chi connectivity index (χ1v) is 15.7. The zero-order valence-corrected chi connectivity index (χ0v) is 23.8. The molecule has 4 heteroatoms. The molecular formula is C33H54O4. The largest absolute Gasteiger partial charge is 0.494 e. The lowest BCUT2D eigenvalue weighted by Gasteiger charge is -2.37. The summed E-state index contributed by atoms with van der Waals surface area (Å²) in [6, 6.07) is 8.34. The molecule has 0 aromatic heterocycles. The second-order valence-corrected chi connectivity index (χ2v) is 12.5. The van der Waals surface area contributed by atoms with E-state index in [0.717, 1.165) is 49.7 Å². The summed E-state index contributed by atoms with van der Waals surface area (Å²) in [5.41, 5.74) is 1.28. The highest BCUT2D eigenvalue weighted by atomic mass is 17.2. The second-order valence-electron chi connectivity index (χ2n) is 12.5. The fourth-order valence-corrected chi connectivity index (χ4v) is 6.74. The van der Waals surface area contributed by atoms with Crippen LogP contribution in [-0.2, 0) is 14.5 Å². The molecule has 0 N–H and O–H groups in total. The highest BCUT2D eigenvalue weighted by Gasteiger charge is 2.31. The van der Waals surface area contributed by atoms with Crippen molar-refractivity contribution >= 4 is 0 Å². The summed E-state index contributed by atoms with van der Waals surface area (Å²) in [6.45, 7) is 7.01. The molecule has 0 spiro atoms. The van der Waals surface area contributed by atoms with Gasteiger partial charge in [0.15, 0.2) is 0 Å². The van der Waals surface area contributed by atoms with Crippen LogP contribution in [0.15, 0.2) is 24.3 Å². The van der Waals surface area contributed by atoms with Crippen molar-refractivity contribution in [1.29, 1.82) is 0 Å². The maximum atomic E-state index is 6.26. The van der Waals surface area contributed by atoms with Crippen molar-refractivity contribution in [3.8, 4) is 5.75 Å². The van der Waals surface area contributed by atoms with Crippen LogP contribution in [0.5, 0.6) is 5.75 Å². The smallest absolute Gasteiger partial charge is 0.119 e. The first-order valence-electron chi connectivity index (χ1n) is 15.7. The molecule has 37 heavy (non-hydrogen) atoms. The van der Waals surface area contributed by atoms with E-state index in [0.29, 0.717) is 18.1 Å². The third kappa shape index (κ3) is 10.5. The predicted molar refractivity (Wildman–Crippen MR) is 151 cm³/mol. The van der Waals surface area contributed by atoms with E-state index in [1.54, 1.807) is 0 Å². The Morgan fingerprint density at radius 3 is 1.92 bits per heavy atom. The molecule has 0 bridgehead atoms. The van der Waals surface area contributed by atoms with Crippen molar-refractivity contribution in [2.45, 2.75) is 129 Å². The molecule has 210 valence electrons. The van der Waals surface area contributed by atoms with Gasteiger partial charge in [0.1, 0.15) is 5.75 Å². The molecule has 0 heterocycles. The molecular weight excluding hydrogens is 460 g/mol. The molecule has 0 radical (unpaired) electrons. The van der Waals surface area contributed by atoms with Gasteiger partial charge >= 0.3 is 0 Å². The van der Waals surface area contributed by atoms with Crippen LogP contribution in [0.2, 0.25) is 0 Å². The second kappa shape index (κ2) is 16.1. The molecule has 3 aliphatic rings. The van der Waals surface area contributed by atoms with E-state index in [4.69, 9.17) is 19.2 Å². The monoisotopic (exact) mass is 514 g/mol. The van der Waals surface area contributed by atoms with E-state index in [9.17, 15) is 0 Å². The highest BCUT2D eigenvalue weighted by molar-refractivity contribution is 5.26. The summed E-state index contributed by atoms with van der Waals surface area (Å²) in [6.07, 6.45) is 21.2. The minimum Gasteiger partial charge on any atom is -0.494 e. The summed E-state index contributed by atoms with van der Waals surface area (Å²) in [4.78, 5) is 11.5. The zero-order valence-electron chi connectivity index (χ0n) is 23.8. The lowest BCUT2D eigenvalue weighted by molar-refractivity contribution is -0.336. The van der Waals surface area contributed by atoms with E-state index in [1.807, 2.05) is 0 Å². The third-order valence-corrected chi connectivity index (χ3v) is 9.43. The maximum absolute atomic E-state index is 6.26. The Balaban J connectivity index is 0.959. The number of hydrogen-bond acceptors (Lipinski definition) is 4. The zero-order chi connectivity index (χ0) is 25.7. The average Bonchev–Trinajstić information content (AvgIpc) is 2.93. The maximum Gasteiger partial charge on any atom is 0.119 e. The fourth-order valence-electron chi connectivity index (χ4n) is 6.74. The van der Waals surface area contributed by atoms with E-state index < -0.39 is 0 Å². The van der Waals surface area contributed by atoms with Gasteiger partial charge in [0.05, 0.1) is 25.4 Å². The molecule has 1 aromatic carbocycles. The van der Waals surface area contributed by atoms with Crippen molar-refractivity contribution in [2.75, 3.05) is 19.8 Å². The number of benzene rings is 1. The Morgan fingerprint density at radius 1 is 0.649 bits per heavy atom. The molecule has 0 amide bonds. The van der Waals surface area contributed by atoms with Crippen LogP contribution in [0.1, 0.15) is 115 Å². The number of hydrogen-bond donors (Lipinski definition) is 0. The van der Waals surface area contributed by atoms with Gasteiger partial charge in [-0.05, 0) is 139 Å². The van der Waals surface area contributed by atoms with Crippen LogP contribution >= 0.6 is 0 Å². The van der Waals surface area contributed by atoms with Gasteiger partial charge in [0.25, 0.3) is 0 Å². The highest BCUT2D eigenvalue weighted by Crippen LogP contribution is 2.40. The standard InChI is InChI=1S/C33H54O4/c1-26-7-17-31(18-8-26)34-23-5-3-4-6-24-35-32-21-15-30(16-22-32)29-13-11-28(12-14-29)25-36-37-33-19-9-27(2)10-20-33/h7-8,17-18,27-30,32-33H,3-6,9-16,19-25H2,1-2H3. The lowest BCUT2D eigenvalue weighted by Crippen LogP contribution is -2.30. The van der Waals surface area contributed by atoms with E-state index in [2.05, 4.69) is 38.1 Å². The Labute approximate surface area is 227 Å². The summed E-state index contributed by atoms with van der Waals surface area (Å²) < 4.78 is 12.1. The van der Waals surface area contributed by atoms with E-state index >= 15 is 0 Å². The topological polar surface area (TPSA) is 36.9 Å². The normalized spacial score (nSPS) is 30.8. The van der Waals surface area contributed by atoms with Crippen molar-refractivity contribution < 1.29 is 19.2 Å². The van der Waals surface area contributed by atoms with Gasteiger partial charge in [0, 0.05) is 6.61 Å². The van der Waals surface area contributed by atoms with Gasteiger partial charge in [-0.2, -0.15) is 0 Å². The van der Waals surface area contributed by atoms with Crippen LogP contribution < -0.4 is 4.74 Å². The van der Waals surface area contributed by atoms with E-state index in [-0.39, 0.29) is 0 Å². The Kier molecular flexibility index (Phi) is 12.6. The fraction of sp³-hybridized carbons (Fsp3) is 0.818. The van der Waals surface area contributed by atoms with Crippen LogP contribution in [0, 0.1) is 30.6 Å². The predicted octanol–water partition coefficient (Wildman–Crippen LogP) is 8.84. The summed E-state index contributed by atoms with van der Waals surface area (Å²) in [7, 11) is 0. The van der Waals surface area contributed by atoms with E-state index in [1.165, 1.54) is 102 Å². The van der Waals surface area contributed by atoms with Crippen molar-refractivity contribution in [3.63, 3.8) is 0 Å². The Morgan fingerprint density at radius 2 is 1.24 bits per heavy atom. The van der Waals surface area contributed by atoms with Crippen molar-refractivity contribution in [3.05, 3.63) is 29.8 Å². The molecule has 3 saturated carbocycles. The van der Waals surface area contributed by atoms with Crippen LogP contribution in [0.25, 0.3) is 0 Å². The number of unbranched alkanes of at least 4 members (excludes halogenated alkanes) is 3. The number of aryl methyl sites for hydroxylation is 1. The Hall–Kier alpha value is -1.10. The minimum absolute atomic E-state index is 0.342. The van der Waals surface area contributed by atoms with Crippen LogP contribution in [0.3, 0.4) is 0 Å². The van der Waals surface area contributed by atoms with Crippen LogP contribution in [-0.4, -0.2) is 32.0 Å². The van der Waals surface area contributed by atoms with Gasteiger partial charge in [0.2, 0.25) is 0 Å². The third-order valence-electron chi connectivity index (χ3n) is 9.43. The van der Waals surface area contributed by atoms with Crippen molar-refractivity contribution in [2.24, 2.45) is 23.7 Å². The van der Waals surface area contributed by atoms with Gasteiger partial charge in [-0.3, -0.25) is 0 Å². The van der Waals surface area contributed by atoms with Crippen molar-refractivity contribution in [1.82, 2.24) is 0 Å². The molecule has 1 aromatic rings. The first kappa shape index (κ1) is 28.9. The molecule has 4 nitrogen and oxygen atoms in total. The Bertz CT molecular complexity index is 710. The number of rotatable bonds is 14. The molecule has 0 atom stereocenters. The molecule has 4 rings (SSSR count). The molecule has 0 aliphatic heterocycles. The summed E-state index contributed by atoms with van der Waals surface area (Å²) in [5, 5.41) is 0. The molecule has 3 fully saturated rings. The number of ether oxygens (including phenoxy) is 2. The molecule has 3 aliphatic carbocycles. The quantitative estimate of drug-likeness (QED) is 0.141. The molecule has 0 unspecified atom stereocenters. The van der Waals surface area contributed by atoms with Gasteiger partial charge in [-0.1, -0.05) is 31.0 Å².